The van der Waals surface area contributed by atoms with Gasteiger partial charge >= 0.3 is 6.61 Å². The monoisotopic (exact) mass is 271 g/mol. The summed E-state index contributed by atoms with van der Waals surface area (Å²) in [6, 6.07) is 6.84. The van der Waals surface area contributed by atoms with Crippen molar-refractivity contribution >= 4 is 0 Å². The van der Waals surface area contributed by atoms with E-state index < -0.39 is 6.61 Å². The lowest BCUT2D eigenvalue weighted by atomic mass is 9.94. The molecule has 1 aliphatic rings. The van der Waals surface area contributed by atoms with Crippen LogP contribution in [0.4, 0.5) is 8.78 Å². The minimum Gasteiger partial charge on any atom is -0.434 e. The molecule has 0 radical (unpaired) electrons. The van der Waals surface area contributed by atoms with Gasteiger partial charge in [0.25, 0.3) is 0 Å². The number of halogens is 2. The van der Waals surface area contributed by atoms with Crippen molar-refractivity contribution in [3.63, 3.8) is 0 Å². The van der Waals surface area contributed by atoms with Crippen molar-refractivity contribution in [1.82, 2.24) is 5.32 Å². The molecule has 106 valence electrons. The first-order valence-electron chi connectivity index (χ1n) is 6.40. The van der Waals surface area contributed by atoms with E-state index in [1.165, 1.54) is 0 Å². The van der Waals surface area contributed by atoms with Crippen LogP contribution in [0.3, 0.4) is 0 Å². The summed E-state index contributed by atoms with van der Waals surface area (Å²) in [6.45, 7) is 2.50. The highest BCUT2D eigenvalue weighted by Crippen LogP contribution is 2.27. The van der Waals surface area contributed by atoms with Gasteiger partial charge in [-0.1, -0.05) is 18.2 Å². The topological polar surface area (TPSA) is 30.5 Å². The molecule has 2 unspecified atom stereocenters. The maximum atomic E-state index is 12.3. The Morgan fingerprint density at radius 3 is 2.84 bits per heavy atom. The Bertz CT molecular complexity index is 428. The third kappa shape index (κ3) is 3.42. The SMILES string of the molecule is CC1OCCC1(C)NCc1ccccc1OC(F)F. The van der Waals surface area contributed by atoms with Crippen LogP contribution in [0.1, 0.15) is 25.8 Å². The molecular formula is C14H19F2NO2. The lowest BCUT2D eigenvalue weighted by Gasteiger charge is -2.29. The minimum atomic E-state index is -2.80. The Balaban J connectivity index is 2.03. The first-order chi connectivity index (χ1) is 9.01. The summed E-state index contributed by atoms with van der Waals surface area (Å²) in [5.74, 6) is 0.222. The van der Waals surface area contributed by atoms with Gasteiger partial charge < -0.3 is 14.8 Å². The fraction of sp³-hybridized carbons (Fsp3) is 0.571. The molecule has 5 heteroatoms. The molecule has 0 bridgehead atoms. The first kappa shape index (κ1) is 14.2. The van der Waals surface area contributed by atoms with E-state index in [0.717, 1.165) is 18.6 Å². The van der Waals surface area contributed by atoms with Gasteiger partial charge in [-0.2, -0.15) is 8.78 Å². The maximum Gasteiger partial charge on any atom is 0.387 e. The Labute approximate surface area is 111 Å². The summed E-state index contributed by atoms with van der Waals surface area (Å²) in [6.07, 6.45) is 1.02. The van der Waals surface area contributed by atoms with Crippen LogP contribution in [0.15, 0.2) is 24.3 Å². The van der Waals surface area contributed by atoms with Crippen LogP contribution in [0, 0.1) is 0 Å². The zero-order valence-corrected chi connectivity index (χ0v) is 11.2. The summed E-state index contributed by atoms with van der Waals surface area (Å²) in [7, 11) is 0. The predicted molar refractivity (Wildman–Crippen MR) is 68.3 cm³/mol. The summed E-state index contributed by atoms with van der Waals surface area (Å²) < 4.78 is 34.7. The number of hydrogen-bond donors (Lipinski definition) is 1. The molecule has 1 N–H and O–H groups in total. The van der Waals surface area contributed by atoms with Gasteiger partial charge in [0, 0.05) is 24.3 Å². The average molecular weight is 271 g/mol. The zero-order valence-electron chi connectivity index (χ0n) is 11.2. The normalized spacial score (nSPS) is 26.9. The number of nitrogens with one attached hydrogen (secondary N) is 1. The van der Waals surface area contributed by atoms with E-state index in [4.69, 9.17) is 4.74 Å². The summed E-state index contributed by atoms with van der Waals surface area (Å²) in [5, 5.41) is 3.39. The van der Waals surface area contributed by atoms with Gasteiger partial charge in [0.15, 0.2) is 0 Å². The van der Waals surface area contributed by atoms with Crippen LogP contribution in [-0.4, -0.2) is 24.9 Å². The van der Waals surface area contributed by atoms with Gasteiger partial charge in [-0.3, -0.25) is 0 Å². The van der Waals surface area contributed by atoms with Crippen molar-refractivity contribution in [2.24, 2.45) is 0 Å². The van der Waals surface area contributed by atoms with Crippen molar-refractivity contribution in [2.45, 2.75) is 45.1 Å². The number of alkyl halides is 2. The predicted octanol–water partition coefficient (Wildman–Crippen LogP) is 2.95. The van der Waals surface area contributed by atoms with Crippen LogP contribution in [0.5, 0.6) is 5.75 Å². The molecule has 2 atom stereocenters. The van der Waals surface area contributed by atoms with Crippen molar-refractivity contribution in [3.05, 3.63) is 29.8 Å². The van der Waals surface area contributed by atoms with E-state index in [0.29, 0.717) is 6.54 Å². The lowest BCUT2D eigenvalue weighted by molar-refractivity contribution is -0.0505. The molecule has 0 saturated carbocycles. The lowest BCUT2D eigenvalue weighted by Crippen LogP contribution is -2.47. The zero-order chi connectivity index (χ0) is 13.9. The van der Waals surface area contributed by atoms with Crippen molar-refractivity contribution < 1.29 is 18.3 Å². The van der Waals surface area contributed by atoms with Crippen LogP contribution in [0.25, 0.3) is 0 Å². The molecule has 1 aliphatic heterocycles. The van der Waals surface area contributed by atoms with Gasteiger partial charge in [0.2, 0.25) is 0 Å². The number of ether oxygens (including phenoxy) is 2. The van der Waals surface area contributed by atoms with Crippen LogP contribution < -0.4 is 10.1 Å². The van der Waals surface area contributed by atoms with Crippen LogP contribution >= 0.6 is 0 Å². The van der Waals surface area contributed by atoms with E-state index in [1.807, 2.05) is 13.0 Å². The van der Waals surface area contributed by atoms with Crippen molar-refractivity contribution in [2.75, 3.05) is 6.61 Å². The van der Waals surface area contributed by atoms with Gasteiger partial charge in [0.1, 0.15) is 5.75 Å². The van der Waals surface area contributed by atoms with E-state index in [-0.39, 0.29) is 17.4 Å². The molecule has 1 heterocycles. The van der Waals surface area contributed by atoms with E-state index in [9.17, 15) is 8.78 Å². The Kier molecular flexibility index (Phi) is 4.37. The van der Waals surface area contributed by atoms with Gasteiger partial charge in [-0.05, 0) is 26.3 Å². The highest BCUT2D eigenvalue weighted by atomic mass is 19.3. The third-order valence-corrected chi connectivity index (χ3v) is 3.76. The molecule has 0 spiro atoms. The molecule has 1 aromatic carbocycles. The standard InChI is InChI=1S/C14H19F2NO2/c1-10-14(2,7-8-18-10)17-9-11-5-3-4-6-12(11)19-13(15)16/h3-6,10,13,17H,7-9H2,1-2H3. The second-order valence-electron chi connectivity index (χ2n) is 5.02. The van der Waals surface area contributed by atoms with Gasteiger partial charge in [0.05, 0.1) is 6.10 Å². The van der Waals surface area contributed by atoms with Crippen LogP contribution in [0.2, 0.25) is 0 Å². The molecule has 0 aliphatic carbocycles. The van der Waals surface area contributed by atoms with Crippen LogP contribution in [-0.2, 0) is 11.3 Å². The molecule has 1 fully saturated rings. The molecule has 0 amide bonds. The van der Waals surface area contributed by atoms with Gasteiger partial charge in [-0.15, -0.1) is 0 Å². The highest BCUT2D eigenvalue weighted by molar-refractivity contribution is 5.33. The van der Waals surface area contributed by atoms with Crippen molar-refractivity contribution in [1.29, 1.82) is 0 Å². The first-order valence-corrected chi connectivity index (χ1v) is 6.40. The quantitative estimate of drug-likeness (QED) is 0.893. The molecular weight excluding hydrogens is 252 g/mol. The average Bonchev–Trinajstić information content (AvgIpc) is 2.68. The molecule has 3 nitrogen and oxygen atoms in total. The summed E-state index contributed by atoms with van der Waals surface area (Å²) >= 11 is 0. The largest absolute Gasteiger partial charge is 0.434 e. The number of hydrogen-bond acceptors (Lipinski definition) is 3. The molecule has 2 rings (SSSR count). The Morgan fingerprint density at radius 2 is 2.21 bits per heavy atom. The highest BCUT2D eigenvalue weighted by Gasteiger charge is 2.36. The molecule has 19 heavy (non-hydrogen) atoms. The fourth-order valence-corrected chi connectivity index (χ4v) is 2.22. The van der Waals surface area contributed by atoms with E-state index in [2.05, 4.69) is 17.0 Å². The number of rotatable bonds is 5. The molecule has 1 aromatic rings. The molecule has 0 aromatic heterocycles. The maximum absolute atomic E-state index is 12.3. The van der Waals surface area contributed by atoms with Crippen molar-refractivity contribution in [3.8, 4) is 5.75 Å². The Hall–Kier alpha value is -1.20. The summed E-state index contributed by atoms with van der Waals surface area (Å²) in [5.41, 5.74) is 0.598. The fourth-order valence-electron chi connectivity index (χ4n) is 2.22. The van der Waals surface area contributed by atoms with Gasteiger partial charge in [-0.25, -0.2) is 0 Å². The number of para-hydroxylation sites is 1. The van der Waals surface area contributed by atoms with E-state index in [1.54, 1.807) is 18.2 Å². The Morgan fingerprint density at radius 1 is 1.47 bits per heavy atom. The summed E-state index contributed by atoms with van der Waals surface area (Å²) in [4.78, 5) is 0. The third-order valence-electron chi connectivity index (χ3n) is 3.76. The second-order valence-corrected chi connectivity index (χ2v) is 5.02. The molecule has 1 saturated heterocycles. The number of benzene rings is 1. The second kappa shape index (κ2) is 5.84. The minimum absolute atomic E-state index is 0.107. The van der Waals surface area contributed by atoms with E-state index >= 15 is 0 Å². The smallest absolute Gasteiger partial charge is 0.387 e.